The number of nitrogens with one attached hydrogen (secondary N) is 1. The summed E-state index contributed by atoms with van der Waals surface area (Å²) >= 11 is 0. The maximum Gasteiger partial charge on any atom is 0.251 e. The lowest BCUT2D eigenvalue weighted by Gasteiger charge is -2.35. The molecule has 0 radical (unpaired) electrons. The van der Waals surface area contributed by atoms with Crippen molar-refractivity contribution in [2.75, 3.05) is 37.6 Å². The number of anilines is 1. The number of nitrogens with zero attached hydrogens (tertiary/aromatic N) is 2. The van der Waals surface area contributed by atoms with Gasteiger partial charge in [-0.3, -0.25) is 9.59 Å². The minimum absolute atomic E-state index is 0.0485. The molecule has 2 amide bonds. The SMILES string of the molecule is NC(=O)CNC(=O)c1cccc(S(=O)(=O)N2CCN(c3ccccc3)CC2)c1. The van der Waals surface area contributed by atoms with E-state index in [4.69, 9.17) is 5.73 Å². The topological polar surface area (TPSA) is 113 Å². The number of para-hydroxylation sites is 1. The Morgan fingerprint density at radius 1 is 0.964 bits per heavy atom. The second-order valence-electron chi connectivity index (χ2n) is 6.40. The summed E-state index contributed by atoms with van der Waals surface area (Å²) in [4.78, 5) is 25.1. The van der Waals surface area contributed by atoms with Crippen molar-refractivity contribution in [2.24, 2.45) is 5.73 Å². The number of amides is 2. The molecule has 0 atom stereocenters. The Kier molecular flexibility index (Phi) is 5.96. The van der Waals surface area contributed by atoms with Crippen LogP contribution in [0.25, 0.3) is 0 Å². The molecule has 3 rings (SSSR count). The second-order valence-corrected chi connectivity index (χ2v) is 8.34. The predicted molar refractivity (Wildman–Crippen MR) is 105 cm³/mol. The molecule has 0 aliphatic carbocycles. The van der Waals surface area contributed by atoms with E-state index in [1.165, 1.54) is 28.6 Å². The zero-order valence-corrected chi connectivity index (χ0v) is 16.1. The maximum absolute atomic E-state index is 13.0. The number of piperazine rings is 1. The van der Waals surface area contributed by atoms with Crippen LogP contribution in [0.3, 0.4) is 0 Å². The van der Waals surface area contributed by atoms with Crippen LogP contribution in [0.5, 0.6) is 0 Å². The van der Waals surface area contributed by atoms with Crippen molar-refractivity contribution in [3.63, 3.8) is 0 Å². The molecule has 9 heteroatoms. The number of hydrogen-bond donors (Lipinski definition) is 2. The average molecular weight is 402 g/mol. The Morgan fingerprint density at radius 2 is 1.64 bits per heavy atom. The normalized spacial score (nSPS) is 15.2. The lowest BCUT2D eigenvalue weighted by molar-refractivity contribution is -0.117. The number of primary amides is 1. The van der Waals surface area contributed by atoms with E-state index >= 15 is 0 Å². The monoisotopic (exact) mass is 402 g/mol. The van der Waals surface area contributed by atoms with E-state index in [1.807, 2.05) is 30.3 Å². The summed E-state index contributed by atoms with van der Waals surface area (Å²) in [5.74, 6) is -1.22. The molecule has 0 unspecified atom stereocenters. The third-order valence-corrected chi connectivity index (χ3v) is 6.41. The first-order valence-corrected chi connectivity index (χ1v) is 10.3. The van der Waals surface area contributed by atoms with Crippen molar-refractivity contribution < 1.29 is 18.0 Å². The van der Waals surface area contributed by atoms with Crippen LogP contribution in [0, 0.1) is 0 Å². The highest BCUT2D eigenvalue weighted by molar-refractivity contribution is 7.89. The number of benzene rings is 2. The Hall–Kier alpha value is -2.91. The zero-order chi connectivity index (χ0) is 20.1. The van der Waals surface area contributed by atoms with Crippen LogP contribution in [-0.2, 0) is 14.8 Å². The second kappa shape index (κ2) is 8.41. The van der Waals surface area contributed by atoms with Gasteiger partial charge in [0.1, 0.15) is 0 Å². The Morgan fingerprint density at radius 3 is 2.29 bits per heavy atom. The number of carbonyl (C=O) groups excluding carboxylic acids is 2. The molecule has 8 nitrogen and oxygen atoms in total. The Labute approximate surface area is 164 Å². The van der Waals surface area contributed by atoms with E-state index < -0.39 is 21.8 Å². The first-order valence-electron chi connectivity index (χ1n) is 8.84. The van der Waals surface area contributed by atoms with Crippen LogP contribution in [0.15, 0.2) is 59.5 Å². The molecular formula is C19H22N4O4S. The molecular weight excluding hydrogens is 380 g/mol. The number of sulfonamides is 1. The fourth-order valence-electron chi connectivity index (χ4n) is 3.04. The van der Waals surface area contributed by atoms with Crippen molar-refractivity contribution in [3.8, 4) is 0 Å². The molecule has 0 bridgehead atoms. The Balaban J connectivity index is 1.70. The van der Waals surface area contributed by atoms with Gasteiger partial charge in [0.15, 0.2) is 0 Å². The minimum atomic E-state index is -3.72. The molecule has 1 fully saturated rings. The van der Waals surface area contributed by atoms with Crippen LogP contribution >= 0.6 is 0 Å². The highest BCUT2D eigenvalue weighted by Gasteiger charge is 2.29. The molecule has 2 aromatic rings. The van der Waals surface area contributed by atoms with Gasteiger partial charge >= 0.3 is 0 Å². The van der Waals surface area contributed by atoms with Gasteiger partial charge < -0.3 is 16.0 Å². The fourth-order valence-corrected chi connectivity index (χ4v) is 4.51. The van der Waals surface area contributed by atoms with E-state index in [-0.39, 0.29) is 17.0 Å². The van der Waals surface area contributed by atoms with Crippen molar-refractivity contribution in [3.05, 3.63) is 60.2 Å². The smallest absolute Gasteiger partial charge is 0.251 e. The van der Waals surface area contributed by atoms with E-state index in [2.05, 4.69) is 10.2 Å². The summed E-state index contributed by atoms with van der Waals surface area (Å²) in [6.07, 6.45) is 0. The quantitative estimate of drug-likeness (QED) is 0.727. The largest absolute Gasteiger partial charge is 0.369 e. The lowest BCUT2D eigenvalue weighted by atomic mass is 10.2. The van der Waals surface area contributed by atoms with Gasteiger partial charge in [-0.25, -0.2) is 8.42 Å². The van der Waals surface area contributed by atoms with Crippen LogP contribution in [0.1, 0.15) is 10.4 Å². The maximum atomic E-state index is 13.0. The van der Waals surface area contributed by atoms with E-state index in [0.29, 0.717) is 26.2 Å². The zero-order valence-electron chi connectivity index (χ0n) is 15.2. The molecule has 0 spiro atoms. The first kappa shape index (κ1) is 19.8. The van der Waals surface area contributed by atoms with Gasteiger partial charge in [0.2, 0.25) is 15.9 Å². The summed E-state index contributed by atoms with van der Waals surface area (Å²) in [6.45, 7) is 1.58. The summed E-state index contributed by atoms with van der Waals surface area (Å²) in [6, 6.07) is 15.6. The van der Waals surface area contributed by atoms with Crippen molar-refractivity contribution in [1.82, 2.24) is 9.62 Å². The first-order chi connectivity index (χ1) is 13.4. The number of hydrogen-bond acceptors (Lipinski definition) is 5. The van der Waals surface area contributed by atoms with Gasteiger partial charge in [0, 0.05) is 37.4 Å². The molecule has 1 heterocycles. The van der Waals surface area contributed by atoms with Gasteiger partial charge in [-0.05, 0) is 30.3 Å². The van der Waals surface area contributed by atoms with Gasteiger partial charge in [-0.1, -0.05) is 24.3 Å². The molecule has 1 aliphatic heterocycles. The molecule has 3 N–H and O–H groups in total. The van der Waals surface area contributed by atoms with Gasteiger partial charge in [-0.2, -0.15) is 4.31 Å². The van der Waals surface area contributed by atoms with E-state index in [0.717, 1.165) is 5.69 Å². The molecule has 0 saturated carbocycles. The van der Waals surface area contributed by atoms with Crippen molar-refractivity contribution in [2.45, 2.75) is 4.90 Å². The van der Waals surface area contributed by atoms with Crippen LogP contribution < -0.4 is 16.0 Å². The summed E-state index contributed by atoms with van der Waals surface area (Å²) in [5.41, 5.74) is 6.23. The predicted octanol–water partition coefficient (Wildman–Crippen LogP) is 0.413. The van der Waals surface area contributed by atoms with Gasteiger partial charge in [0.05, 0.1) is 11.4 Å². The number of rotatable bonds is 6. The third kappa shape index (κ3) is 4.49. The molecule has 1 aliphatic rings. The summed E-state index contributed by atoms with van der Waals surface area (Å²) in [5, 5.41) is 2.35. The molecule has 148 valence electrons. The molecule has 28 heavy (non-hydrogen) atoms. The van der Waals surface area contributed by atoms with E-state index in [9.17, 15) is 18.0 Å². The van der Waals surface area contributed by atoms with Gasteiger partial charge in [0.25, 0.3) is 5.91 Å². The van der Waals surface area contributed by atoms with Crippen LogP contribution in [-0.4, -0.2) is 57.3 Å². The van der Waals surface area contributed by atoms with Crippen LogP contribution in [0.2, 0.25) is 0 Å². The highest BCUT2D eigenvalue weighted by Crippen LogP contribution is 2.21. The van der Waals surface area contributed by atoms with E-state index in [1.54, 1.807) is 0 Å². The summed E-state index contributed by atoms with van der Waals surface area (Å²) < 4.78 is 27.4. The third-order valence-electron chi connectivity index (χ3n) is 4.52. The molecule has 2 aromatic carbocycles. The Bertz CT molecular complexity index is 955. The van der Waals surface area contributed by atoms with Gasteiger partial charge in [-0.15, -0.1) is 0 Å². The number of carbonyl (C=O) groups is 2. The average Bonchev–Trinajstić information content (AvgIpc) is 2.73. The molecule has 0 aromatic heterocycles. The molecule has 1 saturated heterocycles. The van der Waals surface area contributed by atoms with Crippen molar-refractivity contribution >= 4 is 27.5 Å². The number of nitrogens with two attached hydrogens (primary N) is 1. The minimum Gasteiger partial charge on any atom is -0.369 e. The standard InChI is InChI=1S/C19H22N4O4S/c20-18(24)14-21-19(25)15-5-4-8-17(13-15)28(26,27)23-11-9-22(10-12-23)16-6-2-1-3-7-16/h1-8,13H,9-12,14H2,(H2,20,24)(H,21,25). The van der Waals surface area contributed by atoms with Crippen molar-refractivity contribution in [1.29, 1.82) is 0 Å². The van der Waals surface area contributed by atoms with Crippen LogP contribution in [0.4, 0.5) is 5.69 Å². The highest BCUT2D eigenvalue weighted by atomic mass is 32.2. The fraction of sp³-hybridized carbons (Fsp3) is 0.263. The summed E-state index contributed by atoms with van der Waals surface area (Å²) in [7, 11) is -3.72. The lowest BCUT2D eigenvalue weighted by Crippen LogP contribution is -2.48.